The van der Waals surface area contributed by atoms with E-state index in [1.54, 1.807) is 6.92 Å². The number of hydrogen-bond donors (Lipinski definition) is 5. The van der Waals surface area contributed by atoms with E-state index >= 15 is 0 Å². The van der Waals surface area contributed by atoms with Crippen molar-refractivity contribution in [2.75, 3.05) is 42.7 Å². The van der Waals surface area contributed by atoms with Crippen LogP contribution in [0.25, 0.3) is 0 Å². The second kappa shape index (κ2) is 19.7. The highest BCUT2D eigenvalue weighted by Gasteiger charge is 2.35. The molecule has 3 rings (SSSR count). The molecule has 6 N–H and O–H groups in total. The zero-order valence-corrected chi connectivity index (χ0v) is 34.3. The summed E-state index contributed by atoms with van der Waals surface area (Å²) in [5.74, 6) is -0.199. The Morgan fingerprint density at radius 1 is 0.458 bits per heavy atom. The Bertz CT molecular complexity index is 1410. The molecular weight excluding hydrogens is 960 g/mol. The number of aliphatic hydroxyl groups is 2. The molecular formula is C19H17Cl15N12O2. The van der Waals surface area contributed by atoms with Crippen LogP contribution in [0.5, 0.6) is 0 Å². The van der Waals surface area contributed by atoms with Crippen LogP contribution in [0.4, 0.5) is 17.8 Å². The lowest BCUT2D eigenvalue weighted by Crippen LogP contribution is -2.19. The Balaban J connectivity index is 0.000000362. The molecule has 0 aromatic carbocycles. The number of nitrogens with one attached hydrogen (secondary N) is 2. The molecule has 0 atom stereocenters. The average Bonchev–Trinajstić information content (AvgIpc) is 2.92. The lowest BCUT2D eigenvalue weighted by atomic mass is 10.6. The van der Waals surface area contributed by atoms with Crippen LogP contribution in [0.3, 0.4) is 0 Å². The van der Waals surface area contributed by atoms with E-state index in [9.17, 15) is 0 Å². The minimum absolute atomic E-state index is 0.0294. The smallest absolute Gasteiger partial charge is 0.250 e. The van der Waals surface area contributed by atoms with Crippen LogP contribution in [0, 0.1) is 6.92 Å². The number of alkyl halides is 15. The lowest BCUT2D eigenvalue weighted by Gasteiger charge is -2.15. The zero-order chi connectivity index (χ0) is 37.3. The maximum absolute atomic E-state index is 8.70. The number of nitrogens with two attached hydrogens (primary N) is 1. The molecule has 29 heteroatoms. The first-order valence-electron chi connectivity index (χ1n) is 11.7. The fraction of sp³-hybridized carbons (Fsp3) is 0.526. The van der Waals surface area contributed by atoms with Crippen LogP contribution in [-0.2, 0) is 19.0 Å². The summed E-state index contributed by atoms with van der Waals surface area (Å²) in [7, 11) is 0. The number of nitrogen functional groups attached to an aromatic ring is 1. The van der Waals surface area contributed by atoms with E-state index in [4.69, 9.17) is 190 Å². The van der Waals surface area contributed by atoms with Crippen molar-refractivity contribution < 1.29 is 10.2 Å². The summed E-state index contributed by atoms with van der Waals surface area (Å²) in [6.45, 7) is 1.99. The van der Waals surface area contributed by atoms with Gasteiger partial charge in [0.15, 0.2) is 29.1 Å². The lowest BCUT2D eigenvalue weighted by molar-refractivity contribution is 0.310. The van der Waals surface area contributed by atoms with E-state index in [2.05, 4.69) is 55.5 Å². The van der Waals surface area contributed by atoms with Gasteiger partial charge in [-0.25, -0.2) is 15.0 Å². The Labute approximate surface area is 347 Å². The molecule has 0 aliphatic carbocycles. The van der Waals surface area contributed by atoms with Gasteiger partial charge in [0.05, 0.1) is 13.2 Å². The van der Waals surface area contributed by atoms with Gasteiger partial charge in [0, 0.05) is 13.1 Å². The van der Waals surface area contributed by atoms with Crippen LogP contribution < -0.4 is 16.4 Å². The molecule has 3 aromatic heterocycles. The highest BCUT2D eigenvalue weighted by Crippen LogP contribution is 2.41. The summed E-state index contributed by atoms with van der Waals surface area (Å²) in [5.41, 5.74) is 5.34. The predicted molar refractivity (Wildman–Crippen MR) is 196 cm³/mol. The van der Waals surface area contributed by atoms with Crippen molar-refractivity contribution in [1.29, 1.82) is 0 Å². The van der Waals surface area contributed by atoms with Crippen LogP contribution in [0.2, 0.25) is 0 Å². The Morgan fingerprint density at radius 2 is 0.729 bits per heavy atom. The number of rotatable bonds is 6. The third kappa shape index (κ3) is 17.5. The van der Waals surface area contributed by atoms with E-state index < -0.39 is 19.0 Å². The zero-order valence-electron chi connectivity index (χ0n) is 23.0. The van der Waals surface area contributed by atoms with E-state index in [1.165, 1.54) is 0 Å². The average molecular weight is 977 g/mol. The highest BCUT2D eigenvalue weighted by molar-refractivity contribution is 6.68. The second-order valence-corrected chi connectivity index (χ2v) is 19.4. The van der Waals surface area contributed by atoms with Gasteiger partial charge in [-0.05, 0) is 6.92 Å². The quantitative estimate of drug-likeness (QED) is 0.152. The van der Waals surface area contributed by atoms with Gasteiger partial charge in [-0.3, -0.25) is 0 Å². The minimum Gasteiger partial charge on any atom is -0.395 e. The van der Waals surface area contributed by atoms with Crippen molar-refractivity contribution in [2.24, 2.45) is 0 Å². The normalized spacial score (nSPS) is 12.4. The molecule has 0 saturated carbocycles. The van der Waals surface area contributed by atoms with Gasteiger partial charge in [-0.1, -0.05) is 174 Å². The van der Waals surface area contributed by atoms with Gasteiger partial charge in [0.2, 0.25) is 36.8 Å². The number of halogens is 15. The molecule has 0 aliphatic heterocycles. The van der Waals surface area contributed by atoms with Gasteiger partial charge >= 0.3 is 0 Å². The fourth-order valence-electron chi connectivity index (χ4n) is 2.38. The SMILES string of the molecule is Cc1nc(NCCO)nc(C(Cl)(Cl)Cl)n1.Nc1nc(C(Cl)(Cl)Cl)nc(C(Cl)(Cl)Cl)n1.OCCNc1nc(C(Cl)(Cl)Cl)nc(C(Cl)(Cl)Cl)n1. The predicted octanol–water partition coefficient (Wildman–Crippen LogP) is 7.45. The van der Waals surface area contributed by atoms with Gasteiger partial charge in [-0.2, -0.15) is 29.9 Å². The van der Waals surface area contributed by atoms with Gasteiger partial charge in [0.1, 0.15) is 5.82 Å². The molecule has 0 radical (unpaired) electrons. The van der Waals surface area contributed by atoms with Crippen molar-refractivity contribution in [3.63, 3.8) is 0 Å². The minimum atomic E-state index is -1.89. The summed E-state index contributed by atoms with van der Waals surface area (Å²) in [4.78, 5) is 34.1. The summed E-state index contributed by atoms with van der Waals surface area (Å²) in [5, 5.41) is 22.7. The Hall–Kier alpha value is 0.700. The summed E-state index contributed by atoms with van der Waals surface area (Å²) < 4.78 is -9.17. The first kappa shape index (κ1) is 46.7. The first-order chi connectivity index (χ1) is 21.7. The topological polar surface area (TPSA) is 207 Å². The number of nitrogens with zero attached hydrogens (tertiary/aromatic N) is 9. The standard InChI is InChI=1S/C7H6Cl6N4O.C7H9Cl3N4O.C5H2Cl6N4/c8-6(9,10)3-15-4(7(11,12)13)17-5(16-3)14-1-2-18;1-4-12-5(7(8,9)10)14-6(13-4)11-2-3-15;6-4(7,8)1-13-2(5(9,10)11)15-3(12)14-1/h18H,1-2H2,(H,14,15,16,17);15H,2-3H2,1H3,(H,11,12,13,14);(H2,12,13,14,15). The van der Waals surface area contributed by atoms with Crippen LogP contribution in [-0.4, -0.2) is 81.4 Å². The van der Waals surface area contributed by atoms with Crippen molar-refractivity contribution in [3.05, 3.63) is 34.9 Å². The molecule has 0 saturated heterocycles. The summed E-state index contributed by atoms with van der Waals surface area (Å²) in [6, 6.07) is 0. The van der Waals surface area contributed by atoms with E-state index in [0.717, 1.165) is 0 Å². The number of aryl methyl sites for hydroxylation is 1. The maximum atomic E-state index is 8.70. The first-order valence-corrected chi connectivity index (χ1v) is 17.4. The molecule has 0 aliphatic rings. The molecule has 0 bridgehead atoms. The molecule has 270 valence electrons. The molecule has 0 unspecified atom stereocenters. The number of aromatic nitrogens is 9. The van der Waals surface area contributed by atoms with E-state index in [0.29, 0.717) is 12.4 Å². The Morgan fingerprint density at radius 3 is 1.02 bits per heavy atom. The van der Waals surface area contributed by atoms with Crippen LogP contribution in [0.15, 0.2) is 0 Å². The maximum Gasteiger partial charge on any atom is 0.250 e. The van der Waals surface area contributed by atoms with Crippen molar-refractivity contribution in [2.45, 2.75) is 25.9 Å². The van der Waals surface area contributed by atoms with E-state index in [1.807, 2.05) is 0 Å². The fourth-order valence-corrected chi connectivity index (χ4v) is 3.65. The van der Waals surface area contributed by atoms with Gasteiger partial charge in [-0.15, -0.1) is 0 Å². The number of aliphatic hydroxyl groups excluding tert-OH is 2. The summed E-state index contributed by atoms with van der Waals surface area (Å²) >= 11 is 84.1. The summed E-state index contributed by atoms with van der Waals surface area (Å²) in [6.07, 6.45) is 0. The van der Waals surface area contributed by atoms with Gasteiger partial charge in [0.25, 0.3) is 0 Å². The van der Waals surface area contributed by atoms with Crippen LogP contribution in [0.1, 0.15) is 34.9 Å². The molecule has 0 fully saturated rings. The monoisotopic (exact) mass is 970 g/mol. The molecule has 0 spiro atoms. The largest absolute Gasteiger partial charge is 0.395 e. The van der Waals surface area contributed by atoms with Crippen molar-refractivity contribution in [3.8, 4) is 0 Å². The molecule has 3 aromatic rings. The van der Waals surface area contributed by atoms with Crippen molar-refractivity contribution >= 4 is 192 Å². The van der Waals surface area contributed by atoms with Crippen molar-refractivity contribution in [1.82, 2.24) is 44.9 Å². The number of hydrogen-bond acceptors (Lipinski definition) is 14. The molecule has 0 amide bonds. The molecule has 14 nitrogen and oxygen atoms in total. The van der Waals surface area contributed by atoms with Gasteiger partial charge < -0.3 is 26.6 Å². The highest BCUT2D eigenvalue weighted by atomic mass is 35.6. The third-order valence-corrected chi connectivity index (χ3v) is 6.63. The Kier molecular flexibility index (Phi) is 19.2. The number of anilines is 3. The van der Waals surface area contributed by atoms with Crippen LogP contribution >= 0.6 is 174 Å². The molecule has 3 heterocycles. The van der Waals surface area contributed by atoms with E-state index in [-0.39, 0.29) is 66.7 Å². The molecule has 48 heavy (non-hydrogen) atoms. The second-order valence-electron chi connectivity index (χ2n) is 7.97. The third-order valence-electron chi connectivity index (χ3n) is 4.09.